The summed E-state index contributed by atoms with van der Waals surface area (Å²) in [4.78, 5) is 16.3. The van der Waals surface area contributed by atoms with E-state index in [4.69, 9.17) is 0 Å². The number of rotatable bonds is 4. The molecule has 0 radical (unpaired) electrons. The van der Waals surface area contributed by atoms with Crippen molar-refractivity contribution in [1.82, 2.24) is 20.1 Å². The minimum Gasteiger partial charge on any atom is -0.331 e. The number of thiazole rings is 1. The minimum absolute atomic E-state index is 0.248. The van der Waals surface area contributed by atoms with Gasteiger partial charge in [-0.2, -0.15) is 5.10 Å². The van der Waals surface area contributed by atoms with E-state index in [1.807, 2.05) is 19.4 Å². The molecule has 2 aromatic rings. The molecule has 2 rings (SSSR count). The fraction of sp³-hybridized carbons (Fsp3) is 0.462. The van der Waals surface area contributed by atoms with Crippen molar-refractivity contribution < 1.29 is 4.79 Å². The van der Waals surface area contributed by atoms with E-state index in [0.717, 1.165) is 16.4 Å². The SMILES string of the molecule is Cc1nn(C)cc1NC(=O)NCc1nc(C(C)C)cs1. The normalized spacial score (nSPS) is 10.8. The van der Waals surface area contributed by atoms with Crippen molar-refractivity contribution in [3.8, 4) is 0 Å². The summed E-state index contributed by atoms with van der Waals surface area (Å²) in [6.45, 7) is 6.49. The largest absolute Gasteiger partial charge is 0.331 e. The van der Waals surface area contributed by atoms with Crippen LogP contribution in [-0.4, -0.2) is 20.8 Å². The van der Waals surface area contributed by atoms with Gasteiger partial charge in [0.2, 0.25) is 0 Å². The van der Waals surface area contributed by atoms with Crippen molar-refractivity contribution in [1.29, 1.82) is 0 Å². The van der Waals surface area contributed by atoms with E-state index in [1.54, 1.807) is 22.2 Å². The van der Waals surface area contributed by atoms with Crippen LogP contribution >= 0.6 is 11.3 Å². The molecule has 0 atom stereocenters. The molecule has 0 fully saturated rings. The van der Waals surface area contributed by atoms with Crippen molar-refractivity contribution in [2.75, 3.05) is 5.32 Å². The van der Waals surface area contributed by atoms with E-state index in [1.165, 1.54) is 0 Å². The Balaban J connectivity index is 1.87. The first-order valence-electron chi connectivity index (χ1n) is 6.45. The second-order valence-electron chi connectivity index (χ2n) is 4.93. The number of nitrogens with zero attached hydrogens (tertiary/aromatic N) is 3. The monoisotopic (exact) mass is 293 g/mol. The Kier molecular flexibility index (Phi) is 4.39. The number of aryl methyl sites for hydroxylation is 2. The van der Waals surface area contributed by atoms with Gasteiger partial charge >= 0.3 is 6.03 Å². The topological polar surface area (TPSA) is 71.8 Å². The summed E-state index contributed by atoms with van der Waals surface area (Å²) < 4.78 is 1.67. The highest BCUT2D eigenvalue weighted by Crippen LogP contribution is 2.17. The molecule has 0 aliphatic rings. The molecule has 2 heterocycles. The Morgan fingerprint density at radius 1 is 1.50 bits per heavy atom. The molecule has 0 spiro atoms. The number of urea groups is 1. The second-order valence-corrected chi connectivity index (χ2v) is 5.87. The summed E-state index contributed by atoms with van der Waals surface area (Å²) >= 11 is 1.56. The first-order chi connectivity index (χ1) is 9.45. The zero-order chi connectivity index (χ0) is 14.7. The number of anilines is 1. The molecule has 0 aromatic carbocycles. The molecule has 7 heteroatoms. The van der Waals surface area contributed by atoms with Crippen LogP contribution in [0, 0.1) is 6.92 Å². The number of carbonyl (C=O) groups is 1. The van der Waals surface area contributed by atoms with Gasteiger partial charge in [-0.15, -0.1) is 11.3 Å². The lowest BCUT2D eigenvalue weighted by Gasteiger charge is -2.05. The standard InChI is InChI=1S/C13H19N5OS/c1-8(2)11-7-20-12(15-11)5-14-13(19)16-10-6-18(4)17-9(10)3/h6-8H,5H2,1-4H3,(H2,14,16,19). The smallest absolute Gasteiger partial charge is 0.319 e. The van der Waals surface area contributed by atoms with Crippen molar-refractivity contribution in [3.63, 3.8) is 0 Å². The van der Waals surface area contributed by atoms with Gasteiger partial charge in [-0.05, 0) is 12.8 Å². The zero-order valence-electron chi connectivity index (χ0n) is 12.1. The van der Waals surface area contributed by atoms with Gasteiger partial charge in [0.25, 0.3) is 0 Å². The van der Waals surface area contributed by atoms with Crippen molar-refractivity contribution in [2.24, 2.45) is 7.05 Å². The summed E-state index contributed by atoms with van der Waals surface area (Å²) in [5.74, 6) is 0.409. The summed E-state index contributed by atoms with van der Waals surface area (Å²) in [6.07, 6.45) is 1.77. The van der Waals surface area contributed by atoms with Gasteiger partial charge in [-0.1, -0.05) is 13.8 Å². The molecular weight excluding hydrogens is 274 g/mol. The Bertz CT molecular complexity index is 602. The fourth-order valence-electron chi connectivity index (χ4n) is 1.72. The molecule has 2 N–H and O–H groups in total. The predicted octanol–water partition coefficient (Wildman–Crippen LogP) is 2.63. The van der Waals surface area contributed by atoms with Gasteiger partial charge in [0.1, 0.15) is 5.01 Å². The predicted molar refractivity (Wildman–Crippen MR) is 80.0 cm³/mol. The van der Waals surface area contributed by atoms with Gasteiger partial charge in [0, 0.05) is 18.6 Å². The van der Waals surface area contributed by atoms with Crippen LogP contribution in [0.25, 0.3) is 0 Å². The lowest BCUT2D eigenvalue weighted by atomic mass is 10.2. The summed E-state index contributed by atoms with van der Waals surface area (Å²) in [6, 6.07) is -0.248. The highest BCUT2D eigenvalue weighted by molar-refractivity contribution is 7.09. The van der Waals surface area contributed by atoms with Gasteiger partial charge in [-0.25, -0.2) is 9.78 Å². The van der Waals surface area contributed by atoms with Crippen LogP contribution in [0.5, 0.6) is 0 Å². The Morgan fingerprint density at radius 3 is 2.80 bits per heavy atom. The fourth-order valence-corrected chi connectivity index (χ4v) is 2.61. The molecule has 0 bridgehead atoms. The number of carbonyl (C=O) groups excluding carboxylic acids is 1. The Labute approximate surface area is 122 Å². The van der Waals surface area contributed by atoms with E-state index in [0.29, 0.717) is 18.2 Å². The van der Waals surface area contributed by atoms with Gasteiger partial charge in [-0.3, -0.25) is 4.68 Å². The average Bonchev–Trinajstić information content (AvgIpc) is 2.94. The van der Waals surface area contributed by atoms with Crippen LogP contribution in [0.15, 0.2) is 11.6 Å². The van der Waals surface area contributed by atoms with Crippen LogP contribution in [-0.2, 0) is 13.6 Å². The lowest BCUT2D eigenvalue weighted by Crippen LogP contribution is -2.28. The number of amides is 2. The van der Waals surface area contributed by atoms with Gasteiger partial charge in [0.05, 0.1) is 23.6 Å². The van der Waals surface area contributed by atoms with Crippen molar-refractivity contribution in [3.05, 3.63) is 28.0 Å². The van der Waals surface area contributed by atoms with E-state index >= 15 is 0 Å². The zero-order valence-corrected chi connectivity index (χ0v) is 12.9. The molecule has 0 aliphatic heterocycles. The van der Waals surface area contributed by atoms with E-state index < -0.39 is 0 Å². The third-order valence-electron chi connectivity index (χ3n) is 2.82. The second kappa shape index (κ2) is 6.04. The molecule has 0 saturated carbocycles. The maximum atomic E-state index is 11.8. The molecular formula is C13H19N5OS. The van der Waals surface area contributed by atoms with Crippen LogP contribution < -0.4 is 10.6 Å². The maximum Gasteiger partial charge on any atom is 0.319 e. The van der Waals surface area contributed by atoms with Crippen LogP contribution in [0.4, 0.5) is 10.5 Å². The Morgan fingerprint density at radius 2 is 2.25 bits per heavy atom. The van der Waals surface area contributed by atoms with Crippen LogP contribution in [0.1, 0.15) is 36.2 Å². The molecule has 0 unspecified atom stereocenters. The molecule has 108 valence electrons. The highest BCUT2D eigenvalue weighted by Gasteiger charge is 2.09. The van der Waals surface area contributed by atoms with Crippen LogP contribution in [0.3, 0.4) is 0 Å². The molecule has 20 heavy (non-hydrogen) atoms. The van der Waals surface area contributed by atoms with Crippen molar-refractivity contribution >= 4 is 23.1 Å². The van der Waals surface area contributed by atoms with E-state index in [-0.39, 0.29) is 6.03 Å². The number of hydrogen-bond acceptors (Lipinski definition) is 4. The summed E-state index contributed by atoms with van der Waals surface area (Å²) in [5, 5.41) is 12.7. The summed E-state index contributed by atoms with van der Waals surface area (Å²) in [5.41, 5.74) is 2.57. The van der Waals surface area contributed by atoms with E-state index in [9.17, 15) is 4.79 Å². The van der Waals surface area contributed by atoms with E-state index in [2.05, 4.69) is 34.6 Å². The lowest BCUT2D eigenvalue weighted by molar-refractivity contribution is 0.251. The molecule has 2 amide bonds. The first kappa shape index (κ1) is 14.5. The quantitative estimate of drug-likeness (QED) is 0.910. The number of aromatic nitrogens is 3. The first-order valence-corrected chi connectivity index (χ1v) is 7.33. The summed E-state index contributed by atoms with van der Waals surface area (Å²) in [7, 11) is 1.82. The highest BCUT2D eigenvalue weighted by atomic mass is 32.1. The van der Waals surface area contributed by atoms with Gasteiger partial charge in [0.15, 0.2) is 0 Å². The average molecular weight is 293 g/mol. The van der Waals surface area contributed by atoms with Crippen LogP contribution in [0.2, 0.25) is 0 Å². The van der Waals surface area contributed by atoms with Crippen molar-refractivity contribution in [2.45, 2.75) is 33.2 Å². The molecule has 6 nitrogen and oxygen atoms in total. The molecule has 2 aromatic heterocycles. The third-order valence-corrected chi connectivity index (χ3v) is 3.69. The number of nitrogens with one attached hydrogen (secondary N) is 2. The third kappa shape index (κ3) is 3.57. The number of hydrogen-bond donors (Lipinski definition) is 2. The van der Waals surface area contributed by atoms with Gasteiger partial charge < -0.3 is 10.6 Å². The Hall–Kier alpha value is -1.89. The molecule has 0 aliphatic carbocycles. The minimum atomic E-state index is -0.248. The molecule has 0 saturated heterocycles. The maximum absolute atomic E-state index is 11.8.